The Labute approximate surface area is 98.2 Å². The molecule has 2 N–H and O–H groups in total. The van der Waals surface area contributed by atoms with Crippen LogP contribution in [0.4, 0.5) is 10.1 Å². The van der Waals surface area contributed by atoms with Gasteiger partial charge in [0.1, 0.15) is 5.82 Å². The van der Waals surface area contributed by atoms with Crippen LogP contribution in [0.1, 0.15) is 13.8 Å². The van der Waals surface area contributed by atoms with Crippen LogP contribution < -0.4 is 5.73 Å². The molecule has 0 atom stereocenters. The first-order chi connectivity index (χ1) is 7.47. The van der Waals surface area contributed by atoms with Crippen LogP contribution in [-0.4, -0.2) is 17.8 Å². The minimum Gasteiger partial charge on any atom is -0.462 e. The number of rotatable bonds is 4. The number of benzene rings is 1. The van der Waals surface area contributed by atoms with Gasteiger partial charge >= 0.3 is 5.97 Å². The van der Waals surface area contributed by atoms with E-state index in [9.17, 15) is 9.18 Å². The van der Waals surface area contributed by atoms with Crippen molar-refractivity contribution in [1.29, 1.82) is 0 Å². The molecule has 0 fully saturated rings. The van der Waals surface area contributed by atoms with Gasteiger partial charge in [0.05, 0.1) is 11.9 Å². The molecular weight excluding hydrogens is 229 g/mol. The zero-order valence-electron chi connectivity index (χ0n) is 9.20. The Hall–Kier alpha value is -1.23. The molecule has 0 bridgehead atoms. The van der Waals surface area contributed by atoms with Gasteiger partial charge < -0.3 is 10.5 Å². The summed E-state index contributed by atoms with van der Waals surface area (Å²) in [6.45, 7) is 3.56. The zero-order chi connectivity index (χ0) is 12.1. The van der Waals surface area contributed by atoms with E-state index in [1.807, 2.05) is 0 Å². The van der Waals surface area contributed by atoms with Crippen LogP contribution in [0.25, 0.3) is 0 Å². The monoisotopic (exact) mass is 243 g/mol. The van der Waals surface area contributed by atoms with Gasteiger partial charge in [-0.05, 0) is 32.0 Å². The van der Waals surface area contributed by atoms with E-state index >= 15 is 0 Å². The second-order valence-electron chi connectivity index (χ2n) is 3.55. The molecule has 0 aliphatic carbocycles. The van der Waals surface area contributed by atoms with E-state index < -0.39 is 5.82 Å². The molecule has 0 spiro atoms. The fraction of sp³-hybridized carbons (Fsp3) is 0.364. The largest absolute Gasteiger partial charge is 0.462 e. The Balaban J connectivity index is 2.51. The normalized spacial score (nSPS) is 10.5. The van der Waals surface area contributed by atoms with Crippen LogP contribution in [0.15, 0.2) is 23.1 Å². The van der Waals surface area contributed by atoms with Gasteiger partial charge in [-0.2, -0.15) is 0 Å². The van der Waals surface area contributed by atoms with Gasteiger partial charge in [-0.25, -0.2) is 4.39 Å². The van der Waals surface area contributed by atoms with Crippen molar-refractivity contribution in [2.75, 3.05) is 11.5 Å². The number of ether oxygens (including phenoxy) is 1. The number of carbonyl (C=O) groups is 1. The molecule has 3 nitrogen and oxygen atoms in total. The highest BCUT2D eigenvalue weighted by atomic mass is 32.2. The first-order valence-corrected chi connectivity index (χ1v) is 5.84. The van der Waals surface area contributed by atoms with Crippen LogP contribution in [-0.2, 0) is 9.53 Å². The Morgan fingerprint density at radius 1 is 1.50 bits per heavy atom. The lowest BCUT2D eigenvalue weighted by Crippen LogP contribution is -2.13. The van der Waals surface area contributed by atoms with Crippen molar-refractivity contribution in [3.8, 4) is 0 Å². The molecule has 88 valence electrons. The summed E-state index contributed by atoms with van der Waals surface area (Å²) < 4.78 is 17.9. The van der Waals surface area contributed by atoms with Gasteiger partial charge in [-0.15, -0.1) is 11.8 Å². The Kier molecular flexibility index (Phi) is 4.61. The summed E-state index contributed by atoms with van der Waals surface area (Å²) in [6, 6.07) is 4.19. The van der Waals surface area contributed by atoms with Gasteiger partial charge in [-0.3, -0.25) is 4.79 Å². The number of esters is 1. The average molecular weight is 243 g/mol. The Morgan fingerprint density at radius 3 is 2.75 bits per heavy atom. The molecule has 0 aliphatic rings. The van der Waals surface area contributed by atoms with Crippen molar-refractivity contribution in [2.45, 2.75) is 24.8 Å². The van der Waals surface area contributed by atoms with Gasteiger partial charge in [0, 0.05) is 10.6 Å². The number of thioether (sulfide) groups is 1. The molecule has 1 rings (SSSR count). The van der Waals surface area contributed by atoms with E-state index in [-0.39, 0.29) is 17.8 Å². The maximum atomic E-state index is 13.0. The predicted octanol–water partition coefficient (Wildman–Crippen LogP) is 2.45. The van der Waals surface area contributed by atoms with Crippen molar-refractivity contribution in [3.05, 3.63) is 24.0 Å². The number of halogens is 1. The summed E-state index contributed by atoms with van der Waals surface area (Å²) in [5, 5.41) is 0. The zero-order valence-corrected chi connectivity index (χ0v) is 10.0. The van der Waals surface area contributed by atoms with Crippen molar-refractivity contribution < 1.29 is 13.9 Å². The van der Waals surface area contributed by atoms with Crippen LogP contribution in [0, 0.1) is 5.82 Å². The Morgan fingerprint density at radius 2 is 2.19 bits per heavy atom. The number of carbonyl (C=O) groups excluding carboxylic acids is 1. The van der Waals surface area contributed by atoms with Gasteiger partial charge in [0.25, 0.3) is 0 Å². The number of hydrogen-bond acceptors (Lipinski definition) is 4. The van der Waals surface area contributed by atoms with Crippen molar-refractivity contribution >= 4 is 23.4 Å². The molecule has 0 heterocycles. The molecule has 0 unspecified atom stereocenters. The smallest absolute Gasteiger partial charge is 0.316 e. The first kappa shape index (κ1) is 12.8. The molecule has 0 saturated carbocycles. The van der Waals surface area contributed by atoms with Gasteiger partial charge in [-0.1, -0.05) is 0 Å². The molecule has 0 amide bonds. The van der Waals surface area contributed by atoms with Gasteiger partial charge in [0.15, 0.2) is 0 Å². The third kappa shape index (κ3) is 4.53. The summed E-state index contributed by atoms with van der Waals surface area (Å²) in [5.41, 5.74) is 5.82. The topological polar surface area (TPSA) is 52.3 Å². The van der Waals surface area contributed by atoms with Crippen LogP contribution in [0.5, 0.6) is 0 Å². The minimum atomic E-state index is -0.403. The summed E-state index contributed by atoms with van der Waals surface area (Å²) in [6.07, 6.45) is -0.134. The molecular formula is C11H14FNO2S. The highest BCUT2D eigenvalue weighted by Crippen LogP contribution is 2.22. The molecule has 0 aromatic heterocycles. The minimum absolute atomic E-state index is 0.134. The van der Waals surface area contributed by atoms with E-state index in [0.29, 0.717) is 10.6 Å². The fourth-order valence-electron chi connectivity index (χ4n) is 1.11. The van der Waals surface area contributed by atoms with Crippen molar-refractivity contribution in [2.24, 2.45) is 0 Å². The number of hydrogen-bond donors (Lipinski definition) is 1. The second-order valence-corrected chi connectivity index (χ2v) is 4.60. The molecule has 0 radical (unpaired) electrons. The summed E-state index contributed by atoms with van der Waals surface area (Å²) in [5.74, 6) is -0.566. The highest BCUT2D eigenvalue weighted by Gasteiger charge is 2.07. The van der Waals surface area contributed by atoms with E-state index in [2.05, 4.69) is 0 Å². The molecule has 16 heavy (non-hydrogen) atoms. The maximum Gasteiger partial charge on any atom is 0.316 e. The standard InChI is InChI=1S/C11H14FNO2S/c1-7(2)15-11(14)6-16-10-4-8(12)3-9(13)5-10/h3-5,7H,6,13H2,1-2H3. The maximum absolute atomic E-state index is 13.0. The van der Waals surface area contributed by atoms with Crippen LogP contribution >= 0.6 is 11.8 Å². The summed E-state index contributed by atoms with van der Waals surface area (Å²) in [4.78, 5) is 11.9. The quantitative estimate of drug-likeness (QED) is 0.501. The molecule has 0 aliphatic heterocycles. The van der Waals surface area contributed by atoms with Crippen molar-refractivity contribution in [1.82, 2.24) is 0 Å². The Bertz CT molecular complexity index is 362. The fourth-order valence-corrected chi connectivity index (χ4v) is 1.87. The van der Waals surface area contributed by atoms with E-state index in [1.54, 1.807) is 19.9 Å². The van der Waals surface area contributed by atoms with E-state index in [1.165, 1.54) is 23.9 Å². The highest BCUT2D eigenvalue weighted by molar-refractivity contribution is 8.00. The van der Waals surface area contributed by atoms with Crippen LogP contribution in [0.3, 0.4) is 0 Å². The lowest BCUT2D eigenvalue weighted by Gasteiger charge is -2.07. The molecule has 5 heteroatoms. The number of nitrogen functional groups attached to an aromatic ring is 1. The van der Waals surface area contributed by atoms with E-state index in [4.69, 9.17) is 10.5 Å². The number of anilines is 1. The lowest BCUT2D eigenvalue weighted by atomic mass is 10.3. The van der Waals surface area contributed by atoms with Gasteiger partial charge in [0.2, 0.25) is 0 Å². The first-order valence-electron chi connectivity index (χ1n) is 4.85. The lowest BCUT2D eigenvalue weighted by molar-refractivity contribution is -0.144. The molecule has 1 aromatic rings. The third-order valence-corrected chi connectivity index (χ3v) is 2.57. The summed E-state index contributed by atoms with van der Waals surface area (Å²) in [7, 11) is 0. The van der Waals surface area contributed by atoms with E-state index in [0.717, 1.165) is 0 Å². The molecule has 1 aromatic carbocycles. The third-order valence-electron chi connectivity index (χ3n) is 1.62. The number of nitrogens with two attached hydrogens (primary N) is 1. The predicted molar refractivity (Wildman–Crippen MR) is 62.8 cm³/mol. The SMILES string of the molecule is CC(C)OC(=O)CSc1cc(N)cc(F)c1. The van der Waals surface area contributed by atoms with Crippen molar-refractivity contribution in [3.63, 3.8) is 0 Å². The molecule has 0 saturated heterocycles. The van der Waals surface area contributed by atoms with Crippen LogP contribution in [0.2, 0.25) is 0 Å². The average Bonchev–Trinajstić information content (AvgIpc) is 2.12. The summed E-state index contributed by atoms with van der Waals surface area (Å²) >= 11 is 1.20. The second kappa shape index (κ2) is 5.75.